The smallest absolute Gasteiger partial charge is 0.257 e. The number of nitrogens with one attached hydrogen (secondary N) is 1. The lowest BCUT2D eigenvalue weighted by atomic mass is 10.1. The third kappa shape index (κ3) is 5.94. The topological polar surface area (TPSA) is 55.4 Å². The van der Waals surface area contributed by atoms with Gasteiger partial charge in [-0.3, -0.25) is 9.59 Å². The molecule has 4 heteroatoms. The van der Waals surface area contributed by atoms with Gasteiger partial charge in [0.1, 0.15) is 5.75 Å². The number of aryl methyl sites for hydroxylation is 1. The number of rotatable bonds is 8. The Morgan fingerprint density at radius 2 is 1.83 bits per heavy atom. The third-order valence-electron chi connectivity index (χ3n) is 3.42. The Hall–Kier alpha value is -2.62. The summed E-state index contributed by atoms with van der Waals surface area (Å²) in [6.45, 7) is 2.07. The summed E-state index contributed by atoms with van der Waals surface area (Å²) < 4.78 is 5.41. The van der Waals surface area contributed by atoms with Gasteiger partial charge in [0, 0.05) is 12.1 Å². The number of amides is 1. The van der Waals surface area contributed by atoms with Crippen LogP contribution in [0.2, 0.25) is 0 Å². The molecule has 0 aromatic heterocycles. The van der Waals surface area contributed by atoms with E-state index in [9.17, 15) is 9.59 Å². The monoisotopic (exact) mass is 311 g/mol. The molecule has 0 aliphatic heterocycles. The maximum Gasteiger partial charge on any atom is 0.257 e. The van der Waals surface area contributed by atoms with E-state index in [4.69, 9.17) is 4.74 Å². The summed E-state index contributed by atoms with van der Waals surface area (Å²) in [4.78, 5) is 23.0. The van der Waals surface area contributed by atoms with Gasteiger partial charge in [0.15, 0.2) is 12.4 Å². The van der Waals surface area contributed by atoms with Crippen LogP contribution in [0.3, 0.4) is 0 Å². The SMILES string of the molecule is CC(=O)c1cccc(OCC(=O)NCCCc2ccccc2)c1. The van der Waals surface area contributed by atoms with Crippen LogP contribution >= 0.6 is 0 Å². The van der Waals surface area contributed by atoms with Gasteiger partial charge in [0.05, 0.1) is 0 Å². The van der Waals surface area contributed by atoms with Gasteiger partial charge in [-0.25, -0.2) is 0 Å². The number of carbonyl (C=O) groups is 2. The lowest BCUT2D eigenvalue weighted by molar-refractivity contribution is -0.123. The second-order valence-electron chi connectivity index (χ2n) is 5.31. The van der Waals surface area contributed by atoms with Gasteiger partial charge in [0.25, 0.3) is 5.91 Å². The number of Topliss-reactive ketones (excluding diaryl/α,β-unsaturated/α-hetero) is 1. The highest BCUT2D eigenvalue weighted by atomic mass is 16.5. The van der Waals surface area contributed by atoms with Crippen LogP contribution in [0.4, 0.5) is 0 Å². The van der Waals surface area contributed by atoms with Crippen LogP contribution in [0.5, 0.6) is 5.75 Å². The molecule has 0 bridgehead atoms. The van der Waals surface area contributed by atoms with Crippen molar-refractivity contribution in [3.05, 3.63) is 65.7 Å². The summed E-state index contributed by atoms with van der Waals surface area (Å²) >= 11 is 0. The van der Waals surface area contributed by atoms with E-state index in [0.717, 1.165) is 12.8 Å². The Kier molecular flexibility index (Phi) is 6.36. The first-order valence-electron chi connectivity index (χ1n) is 7.69. The zero-order chi connectivity index (χ0) is 16.5. The van der Waals surface area contributed by atoms with Gasteiger partial charge < -0.3 is 10.1 Å². The standard InChI is InChI=1S/C19H21NO3/c1-15(21)17-10-5-11-18(13-17)23-14-19(22)20-12-6-9-16-7-3-2-4-8-16/h2-5,7-8,10-11,13H,6,9,12,14H2,1H3,(H,20,22). The van der Waals surface area contributed by atoms with Gasteiger partial charge in [-0.05, 0) is 37.5 Å². The second-order valence-corrected chi connectivity index (χ2v) is 5.31. The highest BCUT2D eigenvalue weighted by molar-refractivity contribution is 5.94. The first-order chi connectivity index (χ1) is 11.1. The fraction of sp³-hybridized carbons (Fsp3) is 0.263. The maximum absolute atomic E-state index is 11.7. The Labute approximate surface area is 136 Å². The van der Waals surface area contributed by atoms with Crippen molar-refractivity contribution in [2.45, 2.75) is 19.8 Å². The first-order valence-corrected chi connectivity index (χ1v) is 7.69. The van der Waals surface area contributed by atoms with Crippen molar-refractivity contribution in [2.75, 3.05) is 13.2 Å². The summed E-state index contributed by atoms with van der Waals surface area (Å²) in [5.41, 5.74) is 1.84. The first kappa shape index (κ1) is 16.7. The molecule has 4 nitrogen and oxygen atoms in total. The molecular formula is C19H21NO3. The molecule has 2 aromatic carbocycles. The average Bonchev–Trinajstić information content (AvgIpc) is 2.58. The lowest BCUT2D eigenvalue weighted by Crippen LogP contribution is -2.29. The summed E-state index contributed by atoms with van der Waals surface area (Å²) in [6, 6.07) is 17.0. The van der Waals surface area contributed by atoms with Gasteiger partial charge in [-0.15, -0.1) is 0 Å². The van der Waals surface area contributed by atoms with Crippen molar-refractivity contribution < 1.29 is 14.3 Å². The third-order valence-corrected chi connectivity index (χ3v) is 3.42. The number of hydrogen-bond acceptors (Lipinski definition) is 3. The van der Waals surface area contributed by atoms with E-state index in [1.165, 1.54) is 12.5 Å². The molecule has 0 saturated heterocycles. The second kappa shape index (κ2) is 8.73. The molecule has 0 fully saturated rings. The van der Waals surface area contributed by atoms with Crippen LogP contribution in [0, 0.1) is 0 Å². The number of ether oxygens (including phenoxy) is 1. The predicted molar refractivity (Wildman–Crippen MR) is 89.7 cm³/mol. The number of carbonyl (C=O) groups excluding carboxylic acids is 2. The Balaban J connectivity index is 1.67. The van der Waals surface area contributed by atoms with E-state index in [-0.39, 0.29) is 18.3 Å². The molecule has 0 unspecified atom stereocenters. The summed E-state index contributed by atoms with van der Waals surface area (Å²) in [5.74, 6) is 0.337. The quantitative estimate of drug-likeness (QED) is 0.602. The average molecular weight is 311 g/mol. The predicted octanol–water partition coefficient (Wildman–Crippen LogP) is 3.02. The minimum Gasteiger partial charge on any atom is -0.484 e. The van der Waals surface area contributed by atoms with E-state index in [1.54, 1.807) is 24.3 Å². The Morgan fingerprint density at radius 3 is 2.57 bits per heavy atom. The van der Waals surface area contributed by atoms with Gasteiger partial charge in [0.2, 0.25) is 0 Å². The minimum atomic E-state index is -0.161. The molecule has 0 aliphatic rings. The van der Waals surface area contributed by atoms with E-state index >= 15 is 0 Å². The molecule has 2 aromatic rings. The van der Waals surface area contributed by atoms with Crippen LogP contribution in [0.25, 0.3) is 0 Å². The molecule has 1 N–H and O–H groups in total. The van der Waals surface area contributed by atoms with Crippen molar-refractivity contribution >= 4 is 11.7 Å². The van der Waals surface area contributed by atoms with E-state index in [2.05, 4.69) is 17.4 Å². The van der Waals surface area contributed by atoms with Gasteiger partial charge in [-0.2, -0.15) is 0 Å². The fourth-order valence-electron chi connectivity index (χ4n) is 2.17. The van der Waals surface area contributed by atoms with Crippen LogP contribution < -0.4 is 10.1 Å². The number of hydrogen-bond donors (Lipinski definition) is 1. The zero-order valence-electron chi connectivity index (χ0n) is 13.2. The fourth-order valence-corrected chi connectivity index (χ4v) is 2.17. The largest absolute Gasteiger partial charge is 0.484 e. The lowest BCUT2D eigenvalue weighted by Gasteiger charge is -2.08. The van der Waals surface area contributed by atoms with Gasteiger partial charge in [-0.1, -0.05) is 42.5 Å². The summed E-state index contributed by atoms with van der Waals surface area (Å²) in [5, 5.41) is 2.83. The number of ketones is 1. The molecular weight excluding hydrogens is 290 g/mol. The Morgan fingerprint density at radius 1 is 1.04 bits per heavy atom. The van der Waals surface area contributed by atoms with Crippen LogP contribution in [-0.4, -0.2) is 24.8 Å². The summed E-state index contributed by atoms with van der Waals surface area (Å²) in [7, 11) is 0. The molecule has 1 amide bonds. The Bertz CT molecular complexity index is 653. The number of benzene rings is 2. The molecule has 120 valence electrons. The molecule has 0 heterocycles. The van der Waals surface area contributed by atoms with Crippen LogP contribution in [-0.2, 0) is 11.2 Å². The van der Waals surface area contributed by atoms with E-state index in [0.29, 0.717) is 17.9 Å². The van der Waals surface area contributed by atoms with Crippen molar-refractivity contribution in [2.24, 2.45) is 0 Å². The zero-order valence-corrected chi connectivity index (χ0v) is 13.2. The normalized spacial score (nSPS) is 10.1. The van der Waals surface area contributed by atoms with E-state index in [1.807, 2.05) is 18.2 Å². The van der Waals surface area contributed by atoms with Crippen molar-refractivity contribution in [3.8, 4) is 5.75 Å². The molecule has 0 spiro atoms. The van der Waals surface area contributed by atoms with Crippen LogP contribution in [0.1, 0.15) is 29.3 Å². The van der Waals surface area contributed by atoms with Crippen LogP contribution in [0.15, 0.2) is 54.6 Å². The van der Waals surface area contributed by atoms with Crippen molar-refractivity contribution in [1.82, 2.24) is 5.32 Å². The van der Waals surface area contributed by atoms with E-state index < -0.39 is 0 Å². The molecule has 0 saturated carbocycles. The highest BCUT2D eigenvalue weighted by Crippen LogP contribution is 2.13. The van der Waals surface area contributed by atoms with Crippen molar-refractivity contribution in [3.63, 3.8) is 0 Å². The molecule has 0 radical (unpaired) electrons. The highest BCUT2D eigenvalue weighted by Gasteiger charge is 2.04. The van der Waals surface area contributed by atoms with Crippen molar-refractivity contribution in [1.29, 1.82) is 0 Å². The molecule has 0 atom stereocenters. The molecule has 2 rings (SSSR count). The minimum absolute atomic E-state index is 0.0270. The van der Waals surface area contributed by atoms with Gasteiger partial charge >= 0.3 is 0 Å². The maximum atomic E-state index is 11.7. The summed E-state index contributed by atoms with van der Waals surface area (Å²) in [6.07, 6.45) is 1.82. The molecule has 0 aliphatic carbocycles. The molecule has 23 heavy (non-hydrogen) atoms.